The zero-order valence-electron chi connectivity index (χ0n) is 14.7. The highest BCUT2D eigenvalue weighted by molar-refractivity contribution is 5.89. The molecule has 2 heterocycles. The number of carbonyl (C=O) groups is 1. The van der Waals surface area contributed by atoms with Crippen LogP contribution in [0.3, 0.4) is 0 Å². The lowest BCUT2D eigenvalue weighted by Crippen LogP contribution is -2.37. The molecule has 1 N–H and O–H groups in total. The molecule has 1 aromatic heterocycles. The van der Waals surface area contributed by atoms with Crippen LogP contribution in [0.25, 0.3) is 0 Å². The molecule has 1 saturated heterocycles. The van der Waals surface area contributed by atoms with Crippen molar-refractivity contribution in [2.24, 2.45) is 0 Å². The number of benzene rings is 1. The van der Waals surface area contributed by atoms with Crippen molar-refractivity contribution < 1.29 is 14.3 Å². The highest BCUT2D eigenvalue weighted by Crippen LogP contribution is 2.39. The Morgan fingerprint density at radius 2 is 2.15 bits per heavy atom. The first-order chi connectivity index (χ1) is 12.8. The molecule has 1 aromatic carbocycles. The molecule has 0 bridgehead atoms. The number of terminal acetylenes is 1. The van der Waals surface area contributed by atoms with E-state index in [0.29, 0.717) is 16.7 Å². The first-order valence-corrected chi connectivity index (χ1v) is 8.23. The second kappa shape index (κ2) is 7.09. The van der Waals surface area contributed by atoms with Crippen LogP contribution in [0.15, 0.2) is 58.3 Å². The summed E-state index contributed by atoms with van der Waals surface area (Å²) in [7, 11) is 0. The van der Waals surface area contributed by atoms with Gasteiger partial charge in [0.2, 0.25) is 0 Å². The molecule has 2 aromatic rings. The van der Waals surface area contributed by atoms with Crippen LogP contribution in [0, 0.1) is 19.3 Å². The maximum Gasteiger partial charge on any atom is 0.338 e. The average Bonchev–Trinajstić information content (AvgIpc) is 3.00. The zero-order valence-corrected chi connectivity index (χ0v) is 14.7. The van der Waals surface area contributed by atoms with Gasteiger partial charge >= 0.3 is 11.7 Å². The minimum absolute atomic E-state index is 0.191. The number of esters is 1. The van der Waals surface area contributed by atoms with Crippen LogP contribution in [0.1, 0.15) is 28.6 Å². The summed E-state index contributed by atoms with van der Waals surface area (Å²) in [5.74, 6) is 1.98. The van der Waals surface area contributed by atoms with Crippen molar-refractivity contribution in [3.8, 4) is 12.3 Å². The smallest absolute Gasteiger partial charge is 0.338 e. The van der Waals surface area contributed by atoms with E-state index in [0.717, 1.165) is 0 Å². The van der Waals surface area contributed by atoms with E-state index in [9.17, 15) is 14.4 Å². The molecule has 3 rings (SSSR count). The van der Waals surface area contributed by atoms with Gasteiger partial charge in [-0.2, -0.15) is 0 Å². The van der Waals surface area contributed by atoms with Crippen LogP contribution in [0.2, 0.25) is 0 Å². The summed E-state index contributed by atoms with van der Waals surface area (Å²) >= 11 is 0. The summed E-state index contributed by atoms with van der Waals surface area (Å²) in [6.07, 6.45) is 6.37. The van der Waals surface area contributed by atoms with Crippen LogP contribution in [0.5, 0.6) is 0 Å². The van der Waals surface area contributed by atoms with Crippen molar-refractivity contribution in [2.75, 3.05) is 6.61 Å². The molecule has 1 fully saturated rings. The molecule has 7 heteroatoms. The third kappa shape index (κ3) is 3.61. The minimum Gasteiger partial charge on any atom is -0.458 e. The fourth-order valence-electron chi connectivity index (χ4n) is 2.86. The predicted molar refractivity (Wildman–Crippen MR) is 98.2 cm³/mol. The summed E-state index contributed by atoms with van der Waals surface area (Å²) in [6, 6.07) is 8.50. The third-order valence-electron chi connectivity index (χ3n) is 4.31. The lowest BCUT2D eigenvalue weighted by molar-refractivity contribution is -0.0661. The molecule has 0 amide bonds. The van der Waals surface area contributed by atoms with Crippen molar-refractivity contribution >= 4 is 5.97 Å². The van der Waals surface area contributed by atoms with Gasteiger partial charge in [0, 0.05) is 18.2 Å². The summed E-state index contributed by atoms with van der Waals surface area (Å²) in [5, 5.41) is 0. The number of carbonyl (C=O) groups excluding carboxylic acids is 1. The largest absolute Gasteiger partial charge is 0.458 e. The fraction of sp³-hybridized carbons (Fsp3) is 0.250. The fourth-order valence-corrected chi connectivity index (χ4v) is 2.86. The summed E-state index contributed by atoms with van der Waals surface area (Å²) < 4.78 is 12.4. The Morgan fingerprint density at radius 1 is 1.44 bits per heavy atom. The Balaban J connectivity index is 1.80. The van der Waals surface area contributed by atoms with Gasteiger partial charge in [-0.1, -0.05) is 30.7 Å². The molecule has 2 unspecified atom stereocenters. The monoisotopic (exact) mass is 366 g/mol. The Labute approximate surface area is 155 Å². The highest BCUT2D eigenvalue weighted by atomic mass is 16.6. The minimum atomic E-state index is -1.24. The molecule has 7 nitrogen and oxygen atoms in total. The second-order valence-electron chi connectivity index (χ2n) is 6.36. The molecule has 1 aliphatic rings. The van der Waals surface area contributed by atoms with Crippen LogP contribution < -0.4 is 11.2 Å². The SMILES string of the molecule is C#CC1(COC(=O)c2ccccc2)CC(=C)C(n2cc(C)c(=O)[nH]c2=O)O1. The van der Waals surface area contributed by atoms with Gasteiger partial charge in [-0.05, 0) is 24.6 Å². The highest BCUT2D eigenvalue weighted by Gasteiger charge is 2.44. The maximum atomic E-state index is 12.2. The van der Waals surface area contributed by atoms with Crippen molar-refractivity contribution in [1.29, 1.82) is 0 Å². The Hall–Kier alpha value is -3.37. The van der Waals surface area contributed by atoms with Gasteiger partial charge in [0.25, 0.3) is 5.56 Å². The molecule has 0 aliphatic carbocycles. The number of rotatable bonds is 4. The van der Waals surface area contributed by atoms with Gasteiger partial charge in [-0.25, -0.2) is 9.59 Å². The van der Waals surface area contributed by atoms with Crippen LogP contribution in [-0.4, -0.2) is 27.7 Å². The molecule has 27 heavy (non-hydrogen) atoms. The van der Waals surface area contributed by atoms with Gasteiger partial charge in [-0.3, -0.25) is 14.3 Å². The average molecular weight is 366 g/mol. The molecule has 0 spiro atoms. The molecule has 0 saturated carbocycles. The van der Waals surface area contributed by atoms with E-state index in [1.807, 2.05) is 0 Å². The number of ether oxygens (including phenoxy) is 2. The number of nitrogens with zero attached hydrogens (tertiary/aromatic N) is 1. The second-order valence-corrected chi connectivity index (χ2v) is 6.36. The van der Waals surface area contributed by atoms with E-state index >= 15 is 0 Å². The number of hydrogen-bond donors (Lipinski definition) is 1. The van der Waals surface area contributed by atoms with Gasteiger partial charge in [0.1, 0.15) is 6.61 Å². The predicted octanol–water partition coefficient (Wildman–Crippen LogP) is 1.55. The lowest BCUT2D eigenvalue weighted by atomic mass is 10.00. The normalized spacial score (nSPS) is 21.6. The van der Waals surface area contributed by atoms with Crippen LogP contribution in [0.4, 0.5) is 0 Å². The third-order valence-corrected chi connectivity index (χ3v) is 4.31. The van der Waals surface area contributed by atoms with Crippen LogP contribution >= 0.6 is 0 Å². The summed E-state index contributed by atoms with van der Waals surface area (Å²) in [4.78, 5) is 38.1. The standard InChI is InChI=1S/C20H18N2O5/c1-4-20(12-26-18(24)15-8-6-5-7-9-15)10-13(2)17(27-20)22-11-14(3)16(23)21-19(22)25/h1,5-9,11,17H,2,10,12H2,3H3,(H,21,23,25). The number of hydrogen-bond acceptors (Lipinski definition) is 5. The molecular weight excluding hydrogens is 348 g/mol. The number of nitrogens with one attached hydrogen (secondary N) is 1. The Morgan fingerprint density at radius 3 is 2.81 bits per heavy atom. The van der Waals surface area contributed by atoms with Crippen LogP contribution in [-0.2, 0) is 9.47 Å². The van der Waals surface area contributed by atoms with Crippen molar-refractivity contribution in [1.82, 2.24) is 9.55 Å². The van der Waals surface area contributed by atoms with E-state index in [1.54, 1.807) is 37.3 Å². The first-order valence-electron chi connectivity index (χ1n) is 8.23. The number of aromatic amines is 1. The van der Waals surface area contributed by atoms with Crippen molar-refractivity contribution in [3.05, 3.63) is 80.6 Å². The molecule has 2 atom stereocenters. The lowest BCUT2D eigenvalue weighted by Gasteiger charge is -2.23. The van der Waals surface area contributed by atoms with E-state index < -0.39 is 29.0 Å². The maximum absolute atomic E-state index is 12.2. The topological polar surface area (TPSA) is 90.4 Å². The van der Waals surface area contributed by atoms with Crippen molar-refractivity contribution in [2.45, 2.75) is 25.2 Å². The Bertz CT molecular complexity index is 1040. The zero-order chi connectivity index (χ0) is 19.6. The molecule has 138 valence electrons. The van der Waals surface area contributed by atoms with E-state index in [1.165, 1.54) is 10.8 Å². The number of aromatic nitrogens is 2. The van der Waals surface area contributed by atoms with E-state index in [-0.39, 0.29) is 13.0 Å². The summed E-state index contributed by atoms with van der Waals surface area (Å²) in [5.41, 5.74) is -1.07. The quantitative estimate of drug-likeness (QED) is 0.504. The van der Waals surface area contributed by atoms with Gasteiger partial charge in [0.15, 0.2) is 11.8 Å². The molecular formula is C20H18N2O5. The number of aryl methyl sites for hydroxylation is 1. The summed E-state index contributed by atoms with van der Waals surface area (Å²) in [6.45, 7) is 5.30. The Kier molecular flexibility index (Phi) is 4.84. The molecule has 1 aliphatic heterocycles. The van der Waals surface area contributed by atoms with Gasteiger partial charge < -0.3 is 9.47 Å². The van der Waals surface area contributed by atoms with E-state index in [2.05, 4.69) is 17.5 Å². The van der Waals surface area contributed by atoms with Crippen molar-refractivity contribution in [3.63, 3.8) is 0 Å². The first kappa shape index (κ1) is 18.4. The number of H-pyrrole nitrogens is 1. The van der Waals surface area contributed by atoms with Gasteiger partial charge in [0.05, 0.1) is 5.56 Å². The van der Waals surface area contributed by atoms with Gasteiger partial charge in [-0.15, -0.1) is 6.42 Å². The van der Waals surface area contributed by atoms with E-state index in [4.69, 9.17) is 15.9 Å². The molecule has 0 radical (unpaired) electrons.